The fourth-order valence-electron chi connectivity index (χ4n) is 3.15. The highest BCUT2D eigenvalue weighted by Gasteiger charge is 2.24. The predicted molar refractivity (Wildman–Crippen MR) is 102 cm³/mol. The number of fused-ring (bicyclic) bond motifs is 1. The van der Waals surface area contributed by atoms with Gasteiger partial charge in [-0.1, -0.05) is 18.2 Å². The third-order valence-corrected chi connectivity index (χ3v) is 4.19. The first kappa shape index (κ1) is 18.8. The molecule has 1 amide bonds. The summed E-state index contributed by atoms with van der Waals surface area (Å²) in [6.07, 6.45) is 6.59. The van der Waals surface area contributed by atoms with Crippen molar-refractivity contribution in [3.05, 3.63) is 48.0 Å². The molecule has 0 radical (unpaired) electrons. The van der Waals surface area contributed by atoms with E-state index in [9.17, 15) is 4.79 Å². The minimum atomic E-state index is -0.748. The second-order valence-electron chi connectivity index (χ2n) is 7.48. The zero-order valence-corrected chi connectivity index (χ0v) is 15.8. The van der Waals surface area contributed by atoms with Crippen molar-refractivity contribution in [2.45, 2.75) is 51.7 Å². The van der Waals surface area contributed by atoms with Gasteiger partial charge in [0.25, 0.3) is 6.02 Å². The molecule has 1 aliphatic rings. The lowest BCUT2D eigenvalue weighted by molar-refractivity contribution is 0.0594. The first-order valence-corrected chi connectivity index (χ1v) is 8.92. The van der Waals surface area contributed by atoms with Crippen LogP contribution in [-0.4, -0.2) is 33.8 Å². The maximum Gasteiger partial charge on any atom is 0.438 e. The van der Waals surface area contributed by atoms with Gasteiger partial charge in [-0.05, 0) is 50.3 Å². The van der Waals surface area contributed by atoms with Crippen molar-refractivity contribution in [1.82, 2.24) is 9.97 Å². The van der Waals surface area contributed by atoms with Crippen LogP contribution in [0.2, 0.25) is 0 Å². The molecule has 3 rings (SSSR count). The number of aromatic nitrogens is 2. The van der Waals surface area contributed by atoms with Gasteiger partial charge in [-0.3, -0.25) is 0 Å². The van der Waals surface area contributed by atoms with Crippen molar-refractivity contribution in [2.24, 2.45) is 10.7 Å². The fraction of sp³-hybridized carbons (Fsp3) is 0.400. The van der Waals surface area contributed by atoms with Gasteiger partial charge in [-0.2, -0.15) is 0 Å². The number of aliphatic imine (C=N–C) groups is 1. The summed E-state index contributed by atoms with van der Waals surface area (Å²) in [7, 11) is 0. The van der Waals surface area contributed by atoms with E-state index in [0.717, 1.165) is 24.0 Å². The molecule has 27 heavy (non-hydrogen) atoms. The molecule has 7 nitrogen and oxygen atoms in total. The Hall–Kier alpha value is -2.96. The molecule has 1 atom stereocenters. The van der Waals surface area contributed by atoms with Crippen LogP contribution in [0, 0.1) is 0 Å². The normalized spacial score (nSPS) is 17.1. The van der Waals surface area contributed by atoms with Crippen LogP contribution < -0.4 is 5.73 Å². The lowest BCUT2D eigenvalue weighted by Gasteiger charge is -2.26. The van der Waals surface area contributed by atoms with Crippen molar-refractivity contribution in [3.8, 4) is 11.1 Å². The molecule has 7 heteroatoms. The number of hydrogen-bond donors (Lipinski definition) is 1. The summed E-state index contributed by atoms with van der Waals surface area (Å²) in [6.45, 7) is 5.31. The Morgan fingerprint density at radius 3 is 2.70 bits per heavy atom. The monoisotopic (exact) mass is 368 g/mol. The molecule has 0 aliphatic heterocycles. The highest BCUT2D eigenvalue weighted by atomic mass is 16.6. The minimum absolute atomic E-state index is 0.133. The Labute approximate surface area is 158 Å². The van der Waals surface area contributed by atoms with Crippen molar-refractivity contribution in [1.29, 1.82) is 0 Å². The molecule has 1 aromatic carbocycles. The fourth-order valence-corrected chi connectivity index (χ4v) is 3.15. The number of ether oxygens (including phenoxy) is 2. The maximum absolute atomic E-state index is 11.7. The molecule has 0 saturated carbocycles. The largest absolute Gasteiger partial charge is 0.461 e. The van der Waals surface area contributed by atoms with E-state index in [0.29, 0.717) is 6.42 Å². The molecule has 0 saturated heterocycles. The lowest BCUT2D eigenvalue weighted by Crippen LogP contribution is -2.31. The number of amidine groups is 1. The molecule has 0 fully saturated rings. The van der Waals surface area contributed by atoms with Crippen LogP contribution >= 0.6 is 0 Å². The molecule has 1 heterocycles. The molecule has 1 unspecified atom stereocenters. The maximum atomic E-state index is 11.7. The summed E-state index contributed by atoms with van der Waals surface area (Å²) in [5, 5.41) is 0. The zero-order valence-electron chi connectivity index (χ0n) is 15.8. The summed E-state index contributed by atoms with van der Waals surface area (Å²) in [6, 6.07) is 6.02. The topological polar surface area (TPSA) is 99.7 Å². The molecule has 2 N–H and O–H groups in total. The number of carbonyl (C=O) groups excluding carboxylic acids is 1. The smallest absolute Gasteiger partial charge is 0.438 e. The Balaban J connectivity index is 1.70. The number of amides is 1. The van der Waals surface area contributed by atoms with Gasteiger partial charge in [0.15, 0.2) is 0 Å². The number of nitrogens with zero attached hydrogens (tertiary/aromatic N) is 3. The zero-order chi connectivity index (χ0) is 19.4. The Morgan fingerprint density at radius 2 is 2.00 bits per heavy atom. The first-order valence-electron chi connectivity index (χ1n) is 8.92. The first-order chi connectivity index (χ1) is 12.8. The van der Waals surface area contributed by atoms with Gasteiger partial charge in [0.05, 0.1) is 0 Å². The van der Waals surface area contributed by atoms with Gasteiger partial charge in [0.2, 0.25) is 0 Å². The van der Waals surface area contributed by atoms with Gasteiger partial charge in [-0.25, -0.2) is 14.8 Å². The third-order valence-electron chi connectivity index (χ3n) is 4.19. The van der Waals surface area contributed by atoms with Gasteiger partial charge in [0, 0.05) is 24.4 Å². The molecular formula is C20H24N4O3. The third kappa shape index (κ3) is 5.03. The molecule has 2 aromatic rings. The molecular weight excluding hydrogens is 344 g/mol. The van der Waals surface area contributed by atoms with Crippen molar-refractivity contribution in [2.75, 3.05) is 0 Å². The number of nitrogens with two attached hydrogens (primary N) is 1. The second-order valence-corrected chi connectivity index (χ2v) is 7.48. The average molecular weight is 368 g/mol. The molecule has 142 valence electrons. The summed E-state index contributed by atoms with van der Waals surface area (Å²) in [5.74, 6) is 0. The van der Waals surface area contributed by atoms with Gasteiger partial charge >= 0.3 is 6.09 Å². The van der Waals surface area contributed by atoms with Crippen LogP contribution in [0.3, 0.4) is 0 Å². The highest BCUT2D eigenvalue weighted by Crippen LogP contribution is 2.31. The van der Waals surface area contributed by atoms with Crippen LogP contribution in [0.25, 0.3) is 11.1 Å². The summed E-state index contributed by atoms with van der Waals surface area (Å²) in [5.41, 5.74) is 9.76. The van der Waals surface area contributed by atoms with E-state index in [-0.39, 0.29) is 12.1 Å². The van der Waals surface area contributed by atoms with Gasteiger partial charge in [0.1, 0.15) is 18.0 Å². The van der Waals surface area contributed by atoms with E-state index in [4.69, 9.17) is 15.2 Å². The highest BCUT2D eigenvalue weighted by molar-refractivity contribution is 5.85. The summed E-state index contributed by atoms with van der Waals surface area (Å²) >= 11 is 0. The van der Waals surface area contributed by atoms with Crippen LogP contribution in [0.5, 0.6) is 0 Å². The van der Waals surface area contributed by atoms with E-state index in [1.54, 1.807) is 20.8 Å². The van der Waals surface area contributed by atoms with Crippen molar-refractivity contribution >= 4 is 12.1 Å². The lowest BCUT2D eigenvalue weighted by atomic mass is 9.85. The molecule has 0 spiro atoms. The van der Waals surface area contributed by atoms with E-state index >= 15 is 0 Å². The van der Waals surface area contributed by atoms with E-state index in [1.807, 2.05) is 18.5 Å². The molecule has 1 aromatic heterocycles. The Kier molecular flexibility index (Phi) is 5.39. The number of hydrogen-bond acceptors (Lipinski definition) is 5. The van der Waals surface area contributed by atoms with Crippen LogP contribution in [0.4, 0.5) is 4.79 Å². The van der Waals surface area contributed by atoms with Crippen molar-refractivity contribution in [3.63, 3.8) is 0 Å². The Bertz CT molecular complexity index is 844. The summed E-state index contributed by atoms with van der Waals surface area (Å²) < 4.78 is 10.8. The van der Waals surface area contributed by atoms with Crippen LogP contribution in [0.15, 0.2) is 41.9 Å². The number of benzene rings is 1. The molecule has 0 bridgehead atoms. The number of carbonyl (C=O) groups is 1. The Morgan fingerprint density at radius 1 is 1.26 bits per heavy atom. The van der Waals surface area contributed by atoms with Crippen LogP contribution in [0.1, 0.15) is 38.3 Å². The second kappa shape index (κ2) is 7.73. The molecule has 1 aliphatic carbocycles. The summed E-state index contributed by atoms with van der Waals surface area (Å²) in [4.78, 5) is 23.6. The van der Waals surface area contributed by atoms with E-state index in [1.165, 1.54) is 17.5 Å². The van der Waals surface area contributed by atoms with E-state index < -0.39 is 11.7 Å². The van der Waals surface area contributed by atoms with Gasteiger partial charge < -0.3 is 15.2 Å². The SMILES string of the molecule is CC(C)(C)OC(=O)/N=C(\N)OC1CCc2c(cccc2-c2cncnc2)C1. The minimum Gasteiger partial charge on any atom is -0.461 e. The van der Waals surface area contributed by atoms with E-state index in [2.05, 4.69) is 27.1 Å². The standard InChI is InChI=1S/C20H24N4O3/c1-20(2,3)27-19(25)24-18(21)26-15-7-8-17-13(9-15)5-4-6-16(17)14-10-22-12-23-11-14/h4-6,10-12,15H,7-9H2,1-3H3,(H2,21,24,25). The van der Waals surface area contributed by atoms with Gasteiger partial charge in [-0.15, -0.1) is 4.99 Å². The quantitative estimate of drug-likeness (QED) is 0.645. The average Bonchev–Trinajstić information content (AvgIpc) is 2.60. The van der Waals surface area contributed by atoms with Crippen molar-refractivity contribution < 1.29 is 14.3 Å². The number of rotatable bonds is 2. The predicted octanol–water partition coefficient (Wildman–Crippen LogP) is 3.27. The van der Waals surface area contributed by atoms with Crippen LogP contribution in [-0.2, 0) is 22.3 Å².